The van der Waals surface area contributed by atoms with Crippen LogP contribution in [0.4, 0.5) is 10.5 Å². The fourth-order valence-corrected chi connectivity index (χ4v) is 4.18. The second-order valence-electron chi connectivity index (χ2n) is 7.67. The number of aromatic nitrogens is 3. The van der Waals surface area contributed by atoms with E-state index in [0.717, 1.165) is 23.1 Å². The Morgan fingerprint density at radius 1 is 1.28 bits per heavy atom. The van der Waals surface area contributed by atoms with Crippen LogP contribution in [-0.2, 0) is 9.53 Å². The molecule has 29 heavy (non-hydrogen) atoms. The number of methoxy groups -OCH3 is 1. The van der Waals surface area contributed by atoms with Gasteiger partial charge in [0.15, 0.2) is 5.82 Å². The Morgan fingerprint density at radius 3 is 2.97 bits per heavy atom. The maximum Gasteiger partial charge on any atom is 0.410 e. The normalized spacial score (nSPS) is 22.4. The molecule has 1 aromatic carbocycles. The number of likely N-dealkylation sites (tertiary alicyclic amines) is 1. The minimum Gasteiger partial charge on any atom is -0.453 e. The van der Waals surface area contributed by atoms with Gasteiger partial charge in [-0.3, -0.25) is 9.69 Å². The molecule has 1 aliphatic carbocycles. The van der Waals surface area contributed by atoms with Crippen molar-refractivity contribution < 1.29 is 15.8 Å². The van der Waals surface area contributed by atoms with E-state index in [9.17, 15) is 9.59 Å². The number of benzene rings is 1. The minimum atomic E-state index is -0.497. The highest BCUT2D eigenvalue weighted by atomic mass is 16.5. The molecule has 1 aliphatic heterocycles. The second-order valence-corrected chi connectivity index (χ2v) is 7.67. The number of hydrogen-bond donors (Lipinski definition) is 1. The quantitative estimate of drug-likeness (QED) is 0.739. The van der Waals surface area contributed by atoms with Gasteiger partial charge in [-0.15, -0.1) is 5.10 Å². The van der Waals surface area contributed by atoms with Gasteiger partial charge in [0.2, 0.25) is 5.91 Å². The molecule has 5 rings (SSSR count). The smallest absolute Gasteiger partial charge is 0.410 e. The van der Waals surface area contributed by atoms with Gasteiger partial charge in [-0.25, -0.2) is 14.3 Å². The lowest BCUT2D eigenvalue weighted by atomic mass is 10.1. The summed E-state index contributed by atoms with van der Waals surface area (Å²) in [5.41, 5.74) is 3.42. The van der Waals surface area contributed by atoms with Crippen LogP contribution >= 0.6 is 0 Å². The molecule has 1 saturated heterocycles. The number of amides is 2. The van der Waals surface area contributed by atoms with E-state index in [-0.39, 0.29) is 13.4 Å². The second kappa shape index (κ2) is 6.58. The fraction of sp³-hybridized carbons (Fsp3) is 0.333. The van der Waals surface area contributed by atoms with Gasteiger partial charge in [0.1, 0.15) is 6.04 Å². The number of nitrogens with zero attached hydrogens (tertiary/aromatic N) is 4. The van der Waals surface area contributed by atoms with Crippen LogP contribution in [0.5, 0.6) is 0 Å². The lowest BCUT2D eigenvalue weighted by Crippen LogP contribution is -2.45. The Hall–Kier alpha value is -3.42. The number of anilines is 1. The van der Waals surface area contributed by atoms with Gasteiger partial charge in [-0.1, -0.05) is 6.07 Å². The van der Waals surface area contributed by atoms with Crippen LogP contribution in [0, 0.1) is 12.8 Å². The molecule has 8 heteroatoms. The highest BCUT2D eigenvalue weighted by molar-refractivity contribution is 5.97. The zero-order valence-corrected chi connectivity index (χ0v) is 16.2. The molecule has 1 saturated carbocycles. The van der Waals surface area contributed by atoms with E-state index in [1.807, 2.05) is 43.5 Å². The molecule has 1 unspecified atom stereocenters. The van der Waals surface area contributed by atoms with E-state index < -0.39 is 12.1 Å². The highest BCUT2D eigenvalue weighted by Gasteiger charge is 2.56. The number of ether oxygens (including phenoxy) is 1. The topological polar surface area (TPSA) is 88.8 Å². The van der Waals surface area contributed by atoms with E-state index in [0.29, 0.717) is 23.9 Å². The van der Waals surface area contributed by atoms with Crippen LogP contribution in [0.1, 0.15) is 19.8 Å². The number of carbonyl (C=O) groups excluding carboxylic acids is 2. The Kier molecular flexibility index (Phi) is 4.01. The molecule has 0 radical (unpaired) electrons. The third-order valence-electron chi connectivity index (χ3n) is 5.82. The first kappa shape index (κ1) is 17.7. The Labute approximate surface area is 169 Å². The molecule has 3 atom stereocenters. The van der Waals surface area contributed by atoms with E-state index in [1.165, 1.54) is 7.11 Å². The Morgan fingerprint density at radius 2 is 2.14 bits per heavy atom. The molecule has 2 fully saturated rings. The van der Waals surface area contributed by atoms with Crippen molar-refractivity contribution in [3.8, 4) is 11.4 Å². The van der Waals surface area contributed by atoms with Gasteiger partial charge >= 0.3 is 6.09 Å². The maximum absolute atomic E-state index is 12.9. The monoisotopic (exact) mass is 393 g/mol. The van der Waals surface area contributed by atoms with Crippen LogP contribution in [0.15, 0.2) is 42.7 Å². The number of fused-ring (bicyclic) bond motifs is 2. The van der Waals surface area contributed by atoms with Crippen molar-refractivity contribution >= 4 is 23.2 Å². The first-order valence-corrected chi connectivity index (χ1v) is 9.63. The lowest BCUT2D eigenvalue weighted by Gasteiger charge is -2.25. The highest BCUT2D eigenvalue weighted by Crippen LogP contribution is 2.48. The SMILES string of the molecule is COC(=O)N1[C@@H](C(=O)Nc2ccc(C)c(-c3ncc4cccn4n3)c2)CC2C[C@@H]21.[HH]. The maximum atomic E-state index is 12.9. The first-order valence-electron chi connectivity index (χ1n) is 9.63. The lowest BCUT2D eigenvalue weighted by molar-refractivity contribution is -0.120. The molecular formula is C21H23N5O3. The van der Waals surface area contributed by atoms with E-state index in [1.54, 1.807) is 15.6 Å². The zero-order chi connectivity index (χ0) is 20.1. The van der Waals surface area contributed by atoms with Crippen LogP contribution < -0.4 is 5.32 Å². The van der Waals surface area contributed by atoms with E-state index in [4.69, 9.17) is 4.74 Å². The minimum absolute atomic E-state index is 0. The molecule has 150 valence electrons. The number of hydrogen-bond acceptors (Lipinski definition) is 5. The largest absolute Gasteiger partial charge is 0.453 e. The van der Waals surface area contributed by atoms with Crippen LogP contribution in [0.3, 0.4) is 0 Å². The summed E-state index contributed by atoms with van der Waals surface area (Å²) in [4.78, 5) is 31.0. The average molecular weight is 393 g/mol. The average Bonchev–Trinajstić information content (AvgIpc) is 3.15. The van der Waals surface area contributed by atoms with Crippen molar-refractivity contribution in [2.75, 3.05) is 12.4 Å². The van der Waals surface area contributed by atoms with Crippen molar-refractivity contribution in [3.05, 3.63) is 48.3 Å². The summed E-state index contributed by atoms with van der Waals surface area (Å²) < 4.78 is 6.64. The molecular weight excluding hydrogens is 370 g/mol. The van der Waals surface area contributed by atoms with Crippen LogP contribution in [0.25, 0.3) is 16.9 Å². The molecule has 2 amide bonds. The van der Waals surface area contributed by atoms with Crippen LogP contribution in [-0.4, -0.2) is 50.7 Å². The molecule has 0 spiro atoms. The number of piperidine rings is 1. The number of rotatable bonds is 3. The third kappa shape index (κ3) is 3.00. The van der Waals surface area contributed by atoms with Crippen molar-refractivity contribution in [2.45, 2.75) is 31.8 Å². The zero-order valence-electron chi connectivity index (χ0n) is 16.2. The molecule has 8 nitrogen and oxygen atoms in total. The van der Waals surface area contributed by atoms with Crippen molar-refractivity contribution in [1.29, 1.82) is 0 Å². The van der Waals surface area contributed by atoms with E-state index in [2.05, 4.69) is 15.4 Å². The standard InChI is InChI=1S/C21H21N5O3.H2/c1-12-5-6-14(10-16(12)19-22-11-15-4-3-7-25(15)24-19)23-20(27)18-9-13-8-17(13)26(18)21(28)29-2;/h3-7,10-11,13,17-18H,8-9H2,1-2H3,(H,23,27);1H/t13?,17-,18+;/m0./s1. The summed E-state index contributed by atoms with van der Waals surface area (Å²) in [6.07, 6.45) is 4.83. The number of aryl methyl sites for hydroxylation is 1. The predicted molar refractivity (Wildman–Crippen MR) is 108 cm³/mol. The summed E-state index contributed by atoms with van der Waals surface area (Å²) in [5, 5.41) is 7.50. The summed E-state index contributed by atoms with van der Waals surface area (Å²) in [7, 11) is 1.35. The van der Waals surface area contributed by atoms with Gasteiger partial charge in [-0.2, -0.15) is 0 Å². The summed E-state index contributed by atoms with van der Waals surface area (Å²) in [6, 6.07) is 9.14. The van der Waals surface area contributed by atoms with Crippen molar-refractivity contribution in [2.24, 2.45) is 5.92 Å². The third-order valence-corrected chi connectivity index (χ3v) is 5.82. The van der Waals surface area contributed by atoms with Gasteiger partial charge in [0, 0.05) is 24.9 Å². The first-order chi connectivity index (χ1) is 14.0. The summed E-state index contributed by atoms with van der Waals surface area (Å²) in [6.45, 7) is 1.98. The Bertz CT molecular complexity index is 1130. The molecule has 3 heterocycles. The molecule has 2 aliphatic rings. The summed E-state index contributed by atoms with van der Waals surface area (Å²) >= 11 is 0. The van der Waals surface area contributed by atoms with E-state index >= 15 is 0 Å². The molecule has 2 aromatic heterocycles. The molecule has 3 aromatic rings. The Balaban J connectivity index is 0.00000218. The number of carbonyl (C=O) groups is 2. The summed E-state index contributed by atoms with van der Waals surface area (Å²) in [5.74, 6) is 0.792. The van der Waals surface area contributed by atoms with Crippen molar-refractivity contribution in [3.63, 3.8) is 0 Å². The van der Waals surface area contributed by atoms with Gasteiger partial charge in [0.25, 0.3) is 0 Å². The van der Waals surface area contributed by atoms with Crippen LogP contribution in [0.2, 0.25) is 0 Å². The molecule has 1 N–H and O–H groups in total. The molecule has 0 bridgehead atoms. The number of nitrogens with one attached hydrogen (secondary N) is 1. The fourth-order valence-electron chi connectivity index (χ4n) is 4.18. The van der Waals surface area contributed by atoms with Gasteiger partial charge in [-0.05, 0) is 55.5 Å². The van der Waals surface area contributed by atoms with Crippen molar-refractivity contribution in [1.82, 2.24) is 19.5 Å². The van der Waals surface area contributed by atoms with Gasteiger partial charge in [0.05, 0.1) is 18.8 Å². The van der Waals surface area contributed by atoms with Gasteiger partial charge < -0.3 is 10.1 Å². The predicted octanol–water partition coefficient (Wildman–Crippen LogP) is 3.12.